The Morgan fingerprint density at radius 2 is 1.82 bits per heavy atom. The number of carbonyl (C=O) groups is 4. The van der Waals surface area contributed by atoms with Crippen molar-refractivity contribution < 1.29 is 32.9 Å². The third kappa shape index (κ3) is 4.88. The second-order valence-corrected chi connectivity index (χ2v) is 10.3. The molecular weight excluding hydrogens is 505 g/mol. The number of hydrogen-bond donors (Lipinski definition) is 2. The van der Waals surface area contributed by atoms with E-state index in [2.05, 4.69) is 20.4 Å². The van der Waals surface area contributed by atoms with Gasteiger partial charge in [0.15, 0.2) is 0 Å². The van der Waals surface area contributed by atoms with E-state index in [1.165, 1.54) is 6.07 Å². The summed E-state index contributed by atoms with van der Waals surface area (Å²) in [5.41, 5.74) is 1.94. The highest BCUT2D eigenvalue weighted by molar-refractivity contribution is 6.43. The van der Waals surface area contributed by atoms with Gasteiger partial charge >= 0.3 is 17.7 Å². The quantitative estimate of drug-likeness (QED) is 0.420. The van der Waals surface area contributed by atoms with Gasteiger partial charge in [0.2, 0.25) is 5.91 Å². The fraction of sp³-hybridized carbons (Fsp3) is 0.393. The molecule has 0 saturated carbocycles. The summed E-state index contributed by atoms with van der Waals surface area (Å²) in [5.74, 6) is -2.79. The molecule has 2 N–H and O–H groups in total. The van der Waals surface area contributed by atoms with Crippen molar-refractivity contribution in [2.24, 2.45) is 0 Å². The zero-order valence-electron chi connectivity index (χ0n) is 21.4. The van der Waals surface area contributed by atoms with Gasteiger partial charge in [-0.1, -0.05) is 22.8 Å². The average Bonchev–Trinajstić information content (AvgIpc) is 3.16. The van der Waals surface area contributed by atoms with Gasteiger partial charge in [-0.25, -0.2) is 14.0 Å². The molecule has 4 amide bonds. The van der Waals surface area contributed by atoms with Crippen LogP contribution in [0.1, 0.15) is 44.7 Å². The molecule has 39 heavy (non-hydrogen) atoms. The number of amides is 4. The molecule has 0 unspecified atom stereocenters. The topological polar surface area (TPSA) is 111 Å². The largest absolute Gasteiger partial charge is 0.431 e. The second kappa shape index (κ2) is 10.4. The first-order valence-electron chi connectivity index (χ1n) is 13.2. The number of hydrogen-bond acceptors (Lipinski definition) is 8. The maximum atomic E-state index is 15.0. The van der Waals surface area contributed by atoms with Gasteiger partial charge in [-0.05, 0) is 23.8 Å². The lowest BCUT2D eigenvalue weighted by atomic mass is 10.0. The van der Waals surface area contributed by atoms with E-state index < -0.39 is 23.6 Å². The number of halogens is 1. The number of morpholine rings is 1. The van der Waals surface area contributed by atoms with Gasteiger partial charge in [-0.15, -0.1) is 0 Å². The van der Waals surface area contributed by atoms with Crippen LogP contribution in [0, 0.1) is 5.82 Å². The van der Waals surface area contributed by atoms with E-state index in [4.69, 9.17) is 4.74 Å². The molecule has 2 aromatic carbocycles. The van der Waals surface area contributed by atoms with Crippen molar-refractivity contribution in [2.75, 3.05) is 44.7 Å². The highest BCUT2D eigenvalue weighted by Gasteiger charge is 2.48. The van der Waals surface area contributed by atoms with Crippen molar-refractivity contribution in [3.8, 4) is 0 Å². The molecule has 3 fully saturated rings. The molecule has 0 bridgehead atoms. The molecule has 0 aliphatic carbocycles. The molecule has 2 aromatic rings. The molecule has 202 valence electrons. The summed E-state index contributed by atoms with van der Waals surface area (Å²) in [5, 5.41) is 5.24. The maximum Gasteiger partial charge on any atom is 0.431 e. The molecule has 10 nitrogen and oxygen atoms in total. The molecule has 0 spiro atoms. The van der Waals surface area contributed by atoms with Crippen LogP contribution in [0.15, 0.2) is 36.4 Å². The van der Waals surface area contributed by atoms with E-state index in [1.807, 2.05) is 6.07 Å². The van der Waals surface area contributed by atoms with Crippen LogP contribution in [0.25, 0.3) is 0 Å². The van der Waals surface area contributed by atoms with Crippen LogP contribution in [0.5, 0.6) is 0 Å². The van der Waals surface area contributed by atoms with Gasteiger partial charge < -0.3 is 10.1 Å². The number of nitrogens with zero attached hydrogens (tertiary/aromatic N) is 3. The molecule has 0 aromatic heterocycles. The third-order valence-electron chi connectivity index (χ3n) is 7.78. The Morgan fingerprint density at radius 1 is 1.03 bits per heavy atom. The van der Waals surface area contributed by atoms with Crippen molar-refractivity contribution in [1.82, 2.24) is 15.1 Å². The number of rotatable bonds is 6. The first kappa shape index (κ1) is 25.5. The van der Waals surface area contributed by atoms with Crippen molar-refractivity contribution in [3.05, 3.63) is 64.5 Å². The van der Waals surface area contributed by atoms with Crippen LogP contribution < -0.4 is 10.6 Å². The van der Waals surface area contributed by atoms with Gasteiger partial charge in [0, 0.05) is 63.7 Å². The van der Waals surface area contributed by atoms with Crippen LogP contribution in [-0.4, -0.2) is 89.2 Å². The number of piperidine rings is 1. The van der Waals surface area contributed by atoms with E-state index in [0.29, 0.717) is 23.8 Å². The fourth-order valence-corrected chi connectivity index (χ4v) is 5.62. The number of ether oxygens (including phenoxy) is 1. The Kier molecular flexibility index (Phi) is 6.79. The van der Waals surface area contributed by atoms with Crippen molar-refractivity contribution >= 4 is 35.0 Å². The van der Waals surface area contributed by atoms with Crippen LogP contribution in [0.2, 0.25) is 0 Å². The van der Waals surface area contributed by atoms with Crippen LogP contribution in [-0.2, 0) is 27.4 Å². The Balaban J connectivity index is 1.11. The molecule has 4 heterocycles. The van der Waals surface area contributed by atoms with E-state index in [-0.39, 0.29) is 42.0 Å². The Hall–Kier alpha value is -3.80. The number of anilines is 1. The van der Waals surface area contributed by atoms with Gasteiger partial charge in [0.05, 0.1) is 18.9 Å². The molecule has 11 heteroatoms. The number of benzene rings is 2. The summed E-state index contributed by atoms with van der Waals surface area (Å²) in [7, 11) is 0. The van der Waals surface area contributed by atoms with Crippen LogP contribution in [0.4, 0.5) is 10.1 Å². The summed E-state index contributed by atoms with van der Waals surface area (Å²) in [4.78, 5) is 54.8. The predicted molar refractivity (Wildman–Crippen MR) is 138 cm³/mol. The fourth-order valence-electron chi connectivity index (χ4n) is 5.62. The molecule has 0 radical (unpaired) electrons. The summed E-state index contributed by atoms with van der Waals surface area (Å²) in [6.45, 7) is 6.21. The van der Waals surface area contributed by atoms with Crippen molar-refractivity contribution in [2.45, 2.75) is 32.0 Å². The standard InChI is InChI=1S/C28H28FN5O5/c29-21-12-17(14-32-15-19(16-32)33-8-10-39-11-9-33)4-5-18(21)13-30-22-3-1-2-20-25(22)28(38)34(27(20)37)23-6-7-24(35)31-26(23)36/h1-5,12,19H,6-11,13-16H2,(H-,30,31,35,36,38)/p+1. The molecule has 6 rings (SSSR count). The van der Waals surface area contributed by atoms with Crippen molar-refractivity contribution in [1.29, 1.82) is 0 Å². The zero-order chi connectivity index (χ0) is 27.1. The lowest BCUT2D eigenvalue weighted by Crippen LogP contribution is -2.60. The van der Waals surface area contributed by atoms with Gasteiger partial charge in [0.1, 0.15) is 16.9 Å². The second-order valence-electron chi connectivity index (χ2n) is 10.3. The van der Waals surface area contributed by atoms with Gasteiger partial charge in [-0.3, -0.25) is 24.7 Å². The van der Waals surface area contributed by atoms with E-state index in [0.717, 1.165) is 49.5 Å². The highest BCUT2D eigenvalue weighted by atomic mass is 19.1. The SMILES string of the molecule is O=C1CCC(=[N+]2C(=O)c3cccc(NCc4ccc(CN5CC(N6CCOCC6)C5)cc4F)c3C2=O)C(=O)N1. The predicted octanol–water partition coefficient (Wildman–Crippen LogP) is 1.14. The number of nitrogens with one attached hydrogen (secondary N) is 2. The third-order valence-corrected chi connectivity index (χ3v) is 7.78. The number of likely N-dealkylation sites (tertiary alicyclic amines) is 1. The smallest absolute Gasteiger partial charge is 0.380 e. The average molecular weight is 535 g/mol. The minimum Gasteiger partial charge on any atom is -0.380 e. The summed E-state index contributed by atoms with van der Waals surface area (Å²) in [6, 6.07) is 10.5. The van der Waals surface area contributed by atoms with Crippen molar-refractivity contribution in [3.63, 3.8) is 0 Å². The minimum atomic E-state index is -0.743. The lowest BCUT2D eigenvalue weighted by Gasteiger charge is -2.46. The van der Waals surface area contributed by atoms with E-state index in [9.17, 15) is 23.6 Å². The van der Waals surface area contributed by atoms with Gasteiger partial charge in [-0.2, -0.15) is 0 Å². The minimum absolute atomic E-state index is 0.00174. The summed E-state index contributed by atoms with van der Waals surface area (Å²) < 4.78 is 21.3. The molecule has 3 saturated heterocycles. The first-order valence-corrected chi connectivity index (χ1v) is 13.2. The maximum absolute atomic E-state index is 15.0. The van der Waals surface area contributed by atoms with E-state index in [1.54, 1.807) is 24.3 Å². The molecular formula is C28H29FN5O5+. The summed E-state index contributed by atoms with van der Waals surface area (Å²) in [6.07, 6.45) is 0.0167. The molecule has 4 aliphatic rings. The zero-order valence-corrected chi connectivity index (χ0v) is 21.4. The van der Waals surface area contributed by atoms with E-state index >= 15 is 0 Å². The van der Waals surface area contributed by atoms with Crippen LogP contribution >= 0.6 is 0 Å². The number of imide groups is 2. The lowest BCUT2D eigenvalue weighted by molar-refractivity contribution is -0.324. The van der Waals surface area contributed by atoms with Crippen LogP contribution in [0.3, 0.4) is 0 Å². The normalized spacial score (nSPS) is 22.6. The number of fused-ring (bicyclic) bond motifs is 1. The Morgan fingerprint density at radius 3 is 2.56 bits per heavy atom. The first-order chi connectivity index (χ1) is 18.9. The summed E-state index contributed by atoms with van der Waals surface area (Å²) >= 11 is 0. The number of carbonyl (C=O) groups excluding carboxylic acids is 4. The Labute approximate surface area is 224 Å². The highest BCUT2D eigenvalue weighted by Crippen LogP contribution is 2.29. The monoisotopic (exact) mass is 534 g/mol. The van der Waals surface area contributed by atoms with Gasteiger partial charge in [0.25, 0.3) is 5.71 Å². The molecule has 0 atom stereocenters. The Bertz CT molecular complexity index is 1410. The molecule has 4 aliphatic heterocycles.